The summed E-state index contributed by atoms with van der Waals surface area (Å²) in [6.45, 7) is 5.70. The molecule has 2 amide bonds. The van der Waals surface area contributed by atoms with Crippen LogP contribution >= 0.6 is 11.3 Å². The second kappa shape index (κ2) is 7.78. The van der Waals surface area contributed by atoms with Crippen molar-refractivity contribution in [2.75, 3.05) is 26.2 Å². The first-order chi connectivity index (χ1) is 13.9. The van der Waals surface area contributed by atoms with Gasteiger partial charge in [-0.3, -0.25) is 14.3 Å². The van der Waals surface area contributed by atoms with Gasteiger partial charge < -0.3 is 14.3 Å². The van der Waals surface area contributed by atoms with Crippen molar-refractivity contribution in [3.63, 3.8) is 0 Å². The number of piperazine rings is 1. The lowest BCUT2D eigenvalue weighted by atomic mass is 10.1. The maximum Gasteiger partial charge on any atom is 0.265 e. The second-order valence-electron chi connectivity index (χ2n) is 7.08. The van der Waals surface area contributed by atoms with Crippen LogP contribution in [0.15, 0.2) is 23.1 Å². The smallest absolute Gasteiger partial charge is 0.265 e. The quantitative estimate of drug-likeness (QED) is 0.644. The molecule has 0 aromatic carbocycles. The lowest BCUT2D eigenvalue weighted by Crippen LogP contribution is -2.50. The Morgan fingerprint density at radius 3 is 2.48 bits per heavy atom. The average Bonchev–Trinajstić information content (AvgIpc) is 3.44. The van der Waals surface area contributed by atoms with Crippen LogP contribution in [-0.4, -0.2) is 67.7 Å². The van der Waals surface area contributed by atoms with Gasteiger partial charge in [0.25, 0.3) is 5.91 Å². The van der Waals surface area contributed by atoms with Gasteiger partial charge in [0.05, 0.1) is 24.5 Å². The molecule has 3 aromatic heterocycles. The molecule has 0 saturated carbocycles. The number of nitrogens with zero attached hydrogens (tertiary/aromatic N) is 6. The first-order valence-corrected chi connectivity index (χ1v) is 10.2. The molecule has 1 fully saturated rings. The Balaban J connectivity index is 1.35. The van der Waals surface area contributed by atoms with E-state index in [4.69, 9.17) is 4.52 Å². The van der Waals surface area contributed by atoms with Crippen molar-refractivity contribution in [3.8, 4) is 10.6 Å². The molecule has 10 heteroatoms. The maximum atomic E-state index is 12.8. The topological polar surface area (TPSA) is 97.4 Å². The number of aromatic nitrogens is 4. The van der Waals surface area contributed by atoms with Crippen LogP contribution in [-0.2, 0) is 18.3 Å². The third kappa shape index (κ3) is 3.93. The zero-order valence-corrected chi connectivity index (χ0v) is 17.4. The van der Waals surface area contributed by atoms with Gasteiger partial charge in [-0.25, -0.2) is 4.98 Å². The van der Waals surface area contributed by atoms with Gasteiger partial charge in [0, 0.05) is 50.6 Å². The van der Waals surface area contributed by atoms with E-state index in [1.807, 2.05) is 27.1 Å². The summed E-state index contributed by atoms with van der Waals surface area (Å²) in [4.78, 5) is 34.0. The SMILES string of the molecule is Cc1noc(C)c1CC(=O)N1CCN(C(=O)c2cnc(-c3cnn(C)c3)s2)CC1. The van der Waals surface area contributed by atoms with E-state index in [2.05, 4.69) is 15.2 Å². The summed E-state index contributed by atoms with van der Waals surface area (Å²) in [5, 5.41) is 8.81. The molecule has 0 unspecified atom stereocenters. The third-order valence-electron chi connectivity index (χ3n) is 5.10. The average molecular weight is 414 g/mol. The molecular formula is C19H22N6O3S. The van der Waals surface area contributed by atoms with Crippen LogP contribution in [0, 0.1) is 13.8 Å². The van der Waals surface area contributed by atoms with E-state index < -0.39 is 0 Å². The normalized spacial score (nSPS) is 14.4. The highest BCUT2D eigenvalue weighted by atomic mass is 32.1. The summed E-state index contributed by atoms with van der Waals surface area (Å²) in [6, 6.07) is 0. The highest BCUT2D eigenvalue weighted by molar-refractivity contribution is 7.16. The van der Waals surface area contributed by atoms with Crippen LogP contribution < -0.4 is 0 Å². The Morgan fingerprint density at radius 1 is 1.14 bits per heavy atom. The minimum absolute atomic E-state index is 0.0307. The van der Waals surface area contributed by atoms with Crippen LogP contribution in [0.2, 0.25) is 0 Å². The van der Waals surface area contributed by atoms with Gasteiger partial charge in [0.2, 0.25) is 5.91 Å². The summed E-state index contributed by atoms with van der Waals surface area (Å²) in [6.07, 6.45) is 5.50. The molecule has 1 saturated heterocycles. The fourth-order valence-electron chi connectivity index (χ4n) is 3.37. The molecule has 0 aliphatic carbocycles. The Labute approximate surface area is 171 Å². The molecule has 152 valence electrons. The Bertz CT molecular complexity index is 1020. The van der Waals surface area contributed by atoms with Gasteiger partial charge in [0.15, 0.2) is 0 Å². The molecule has 1 aliphatic heterocycles. The van der Waals surface area contributed by atoms with Crippen LogP contribution in [0.25, 0.3) is 10.6 Å². The predicted molar refractivity (Wildman–Crippen MR) is 106 cm³/mol. The van der Waals surface area contributed by atoms with E-state index in [9.17, 15) is 9.59 Å². The van der Waals surface area contributed by atoms with Gasteiger partial charge in [-0.15, -0.1) is 11.3 Å². The zero-order valence-electron chi connectivity index (χ0n) is 16.6. The van der Waals surface area contributed by atoms with Crippen LogP contribution in [0.5, 0.6) is 0 Å². The molecule has 0 spiro atoms. The molecule has 0 bridgehead atoms. The summed E-state index contributed by atoms with van der Waals surface area (Å²) in [5.41, 5.74) is 2.49. The summed E-state index contributed by atoms with van der Waals surface area (Å²) in [7, 11) is 1.84. The lowest BCUT2D eigenvalue weighted by molar-refractivity contribution is -0.131. The molecule has 0 atom stereocenters. The van der Waals surface area contributed by atoms with Crippen LogP contribution in [0.4, 0.5) is 0 Å². The van der Waals surface area contributed by atoms with Crippen molar-refractivity contribution < 1.29 is 14.1 Å². The van der Waals surface area contributed by atoms with E-state index in [0.29, 0.717) is 36.8 Å². The fourth-order valence-corrected chi connectivity index (χ4v) is 4.23. The third-order valence-corrected chi connectivity index (χ3v) is 6.13. The van der Waals surface area contributed by atoms with Crippen molar-refractivity contribution in [2.24, 2.45) is 7.05 Å². The summed E-state index contributed by atoms with van der Waals surface area (Å²) < 4.78 is 6.84. The first kappa shape index (κ1) is 19.3. The molecule has 4 rings (SSSR count). The highest BCUT2D eigenvalue weighted by Crippen LogP contribution is 2.25. The Kier molecular flexibility index (Phi) is 5.18. The Morgan fingerprint density at radius 2 is 1.86 bits per heavy atom. The molecule has 3 aromatic rings. The molecule has 1 aliphatic rings. The molecule has 4 heterocycles. The van der Waals surface area contributed by atoms with Crippen molar-refractivity contribution in [3.05, 3.63) is 40.5 Å². The van der Waals surface area contributed by atoms with Gasteiger partial charge in [-0.1, -0.05) is 5.16 Å². The standard InChI is InChI=1S/C19H22N6O3S/c1-12-15(13(2)28-22-12)8-17(26)24-4-6-25(7-5-24)19(27)16-10-20-18(29-16)14-9-21-23(3)11-14/h9-11H,4-8H2,1-3H3. The lowest BCUT2D eigenvalue weighted by Gasteiger charge is -2.34. The van der Waals surface area contributed by atoms with Gasteiger partial charge in [0.1, 0.15) is 15.6 Å². The number of thiazole rings is 1. The second-order valence-corrected chi connectivity index (χ2v) is 8.12. The van der Waals surface area contributed by atoms with E-state index in [1.165, 1.54) is 11.3 Å². The fraction of sp³-hybridized carbons (Fsp3) is 0.421. The van der Waals surface area contributed by atoms with Crippen LogP contribution in [0.1, 0.15) is 26.7 Å². The summed E-state index contributed by atoms with van der Waals surface area (Å²) >= 11 is 1.36. The van der Waals surface area contributed by atoms with Crippen molar-refractivity contribution in [1.29, 1.82) is 0 Å². The monoisotopic (exact) mass is 414 g/mol. The van der Waals surface area contributed by atoms with E-state index in [0.717, 1.165) is 21.8 Å². The zero-order chi connectivity index (χ0) is 20.5. The molecule has 9 nitrogen and oxygen atoms in total. The van der Waals surface area contributed by atoms with E-state index in [1.54, 1.807) is 26.9 Å². The Hall–Kier alpha value is -3.01. The molecular weight excluding hydrogens is 392 g/mol. The van der Waals surface area contributed by atoms with Gasteiger partial charge in [-0.2, -0.15) is 5.10 Å². The number of carbonyl (C=O) groups excluding carboxylic acids is 2. The number of aryl methyl sites for hydroxylation is 3. The molecule has 0 N–H and O–H groups in total. The number of carbonyl (C=O) groups is 2. The minimum Gasteiger partial charge on any atom is -0.361 e. The first-order valence-electron chi connectivity index (χ1n) is 9.36. The minimum atomic E-state index is -0.0459. The maximum absolute atomic E-state index is 12.8. The number of hydrogen-bond acceptors (Lipinski definition) is 7. The molecule has 0 radical (unpaired) electrons. The van der Waals surface area contributed by atoms with Gasteiger partial charge >= 0.3 is 0 Å². The van der Waals surface area contributed by atoms with E-state index in [-0.39, 0.29) is 18.2 Å². The van der Waals surface area contributed by atoms with Crippen molar-refractivity contribution in [1.82, 2.24) is 29.7 Å². The van der Waals surface area contributed by atoms with E-state index >= 15 is 0 Å². The highest BCUT2D eigenvalue weighted by Gasteiger charge is 2.27. The van der Waals surface area contributed by atoms with Gasteiger partial charge in [-0.05, 0) is 13.8 Å². The number of amides is 2. The van der Waals surface area contributed by atoms with Crippen LogP contribution in [0.3, 0.4) is 0 Å². The summed E-state index contributed by atoms with van der Waals surface area (Å²) in [5.74, 6) is 0.665. The largest absolute Gasteiger partial charge is 0.361 e. The molecule has 29 heavy (non-hydrogen) atoms. The van der Waals surface area contributed by atoms with Crippen molar-refractivity contribution >= 4 is 23.2 Å². The predicted octanol–water partition coefficient (Wildman–Crippen LogP) is 1.68. The number of hydrogen-bond donors (Lipinski definition) is 0. The number of rotatable bonds is 4. The van der Waals surface area contributed by atoms with Crippen molar-refractivity contribution in [2.45, 2.75) is 20.3 Å².